The maximum atomic E-state index is 12.0. The first-order valence-electron chi connectivity index (χ1n) is 7.21. The first-order valence-corrected chi connectivity index (χ1v) is 7.21. The van der Waals surface area contributed by atoms with Crippen LogP contribution in [-0.2, 0) is 10.2 Å². The molecule has 0 amide bonds. The number of carbonyl (C=O) groups is 1. The minimum Gasteiger partial charge on any atom is -0.504 e. The largest absolute Gasteiger partial charge is 0.504 e. The van der Waals surface area contributed by atoms with Crippen LogP contribution in [0, 0.1) is 22.7 Å². The molecule has 0 saturated carbocycles. The highest BCUT2D eigenvalue weighted by atomic mass is 16.3. The van der Waals surface area contributed by atoms with Crippen molar-refractivity contribution >= 4 is 11.5 Å². The van der Waals surface area contributed by atoms with E-state index in [4.69, 9.17) is 10.5 Å². The number of nitrogens with zero attached hydrogens (tertiary/aromatic N) is 3. The lowest BCUT2D eigenvalue weighted by Gasteiger charge is -2.38. The molecule has 2 aliphatic rings. The number of para-hydroxylation sites is 1. The Morgan fingerprint density at radius 3 is 2.43 bits per heavy atom. The summed E-state index contributed by atoms with van der Waals surface area (Å²) in [5.74, 6) is -0.973. The smallest absolute Gasteiger partial charge is 0.230 e. The average Bonchev–Trinajstić information content (AvgIpc) is 2.75. The van der Waals surface area contributed by atoms with Gasteiger partial charge in [-0.15, -0.1) is 0 Å². The number of likely N-dealkylation sites (N-methyl/N-ethyl adjacent to an activating group) is 1. The van der Waals surface area contributed by atoms with Gasteiger partial charge in [-0.25, -0.2) is 0 Å². The van der Waals surface area contributed by atoms with Gasteiger partial charge < -0.3 is 10.0 Å². The minimum atomic E-state index is -0.627. The Morgan fingerprint density at radius 1 is 1.26 bits per heavy atom. The summed E-state index contributed by atoms with van der Waals surface area (Å²) in [6.45, 7) is 4.05. The van der Waals surface area contributed by atoms with Gasteiger partial charge in [0.25, 0.3) is 0 Å². The van der Waals surface area contributed by atoms with Crippen LogP contribution in [0.3, 0.4) is 0 Å². The average molecular weight is 305 g/mol. The van der Waals surface area contributed by atoms with Crippen LogP contribution < -0.4 is 4.90 Å². The molecule has 1 aliphatic heterocycles. The van der Waals surface area contributed by atoms with Crippen LogP contribution in [-0.4, -0.2) is 24.0 Å². The Hall–Kier alpha value is -3.05. The van der Waals surface area contributed by atoms with E-state index < -0.39 is 5.78 Å². The summed E-state index contributed by atoms with van der Waals surface area (Å²) in [5, 5.41) is 28.3. The van der Waals surface area contributed by atoms with Gasteiger partial charge in [-0.3, -0.25) is 4.79 Å². The highest BCUT2D eigenvalue weighted by Crippen LogP contribution is 2.51. The fraction of sp³-hybridized carbons (Fsp3) is 0.278. The predicted molar refractivity (Wildman–Crippen MR) is 84.6 cm³/mol. The van der Waals surface area contributed by atoms with Gasteiger partial charge in [0.2, 0.25) is 5.78 Å². The van der Waals surface area contributed by atoms with E-state index >= 15 is 0 Å². The van der Waals surface area contributed by atoms with Crippen molar-refractivity contribution in [2.45, 2.75) is 25.3 Å². The number of aliphatic hydroxyl groups excluding tert-OH is 1. The summed E-state index contributed by atoms with van der Waals surface area (Å²) in [6.07, 6.45) is 0. The lowest BCUT2D eigenvalue weighted by molar-refractivity contribution is -0.116. The zero-order valence-electron chi connectivity index (χ0n) is 13.1. The van der Waals surface area contributed by atoms with Crippen LogP contribution in [0.2, 0.25) is 0 Å². The molecule has 1 heterocycles. The second-order valence-corrected chi connectivity index (χ2v) is 6.32. The van der Waals surface area contributed by atoms with Crippen LogP contribution in [0.1, 0.15) is 19.4 Å². The van der Waals surface area contributed by atoms with Gasteiger partial charge >= 0.3 is 0 Å². The van der Waals surface area contributed by atoms with Crippen molar-refractivity contribution in [3.05, 3.63) is 52.3 Å². The third kappa shape index (κ3) is 1.74. The third-order valence-corrected chi connectivity index (χ3v) is 4.76. The third-order valence-electron chi connectivity index (χ3n) is 4.76. The highest BCUT2D eigenvalue weighted by Gasteiger charge is 2.52. The Bertz CT molecular complexity index is 862. The number of hydrogen-bond acceptors (Lipinski definition) is 5. The number of carbonyl (C=O) groups excluding carboxylic acids is 1. The van der Waals surface area contributed by atoms with E-state index in [0.717, 1.165) is 11.3 Å². The quantitative estimate of drug-likeness (QED) is 0.636. The van der Waals surface area contributed by atoms with Crippen LogP contribution >= 0.6 is 0 Å². The number of allylic oxidation sites excluding steroid dienone is 2. The summed E-state index contributed by atoms with van der Waals surface area (Å²) >= 11 is 0. The number of fused-ring (bicyclic) bond motifs is 1. The molecule has 1 atom stereocenters. The van der Waals surface area contributed by atoms with Crippen molar-refractivity contribution in [2.24, 2.45) is 0 Å². The zero-order chi connectivity index (χ0) is 16.9. The first-order chi connectivity index (χ1) is 10.9. The second kappa shape index (κ2) is 4.72. The lowest BCUT2D eigenvalue weighted by atomic mass is 9.70. The lowest BCUT2D eigenvalue weighted by Crippen LogP contribution is -2.46. The summed E-state index contributed by atoms with van der Waals surface area (Å²) in [7, 11) is 1.89. The molecule has 1 aromatic rings. The van der Waals surface area contributed by atoms with Gasteiger partial charge in [0.05, 0.1) is 11.6 Å². The van der Waals surface area contributed by atoms with Gasteiger partial charge in [0.15, 0.2) is 5.76 Å². The Morgan fingerprint density at radius 2 is 1.87 bits per heavy atom. The van der Waals surface area contributed by atoms with Crippen molar-refractivity contribution in [1.82, 2.24) is 0 Å². The van der Waals surface area contributed by atoms with Gasteiger partial charge in [0.1, 0.15) is 17.7 Å². The topological polar surface area (TPSA) is 88.1 Å². The van der Waals surface area contributed by atoms with Gasteiger partial charge in [-0.1, -0.05) is 32.0 Å². The van der Waals surface area contributed by atoms with E-state index in [2.05, 4.69) is 0 Å². The molecule has 5 heteroatoms. The van der Waals surface area contributed by atoms with E-state index in [-0.39, 0.29) is 28.4 Å². The second-order valence-electron chi connectivity index (χ2n) is 6.32. The standard InChI is InChI=1S/C18H15N3O2/c1-18(2)11-6-4-5-7-12(11)21(3)17(18)14-13(10(8-19)9-20)15(22)16(14)23/h4-7,17,23H,1-3H3. The molecule has 0 radical (unpaired) electrons. The number of benzene rings is 1. The molecule has 0 bridgehead atoms. The molecule has 1 unspecified atom stereocenters. The molecule has 1 aromatic carbocycles. The van der Waals surface area contributed by atoms with Crippen LogP contribution in [0.15, 0.2) is 46.7 Å². The van der Waals surface area contributed by atoms with Crippen molar-refractivity contribution in [3.63, 3.8) is 0 Å². The first kappa shape index (κ1) is 14.9. The summed E-state index contributed by atoms with van der Waals surface area (Å²) < 4.78 is 0. The summed E-state index contributed by atoms with van der Waals surface area (Å²) in [5.41, 5.74) is 1.92. The number of ketones is 1. The van der Waals surface area contributed by atoms with Gasteiger partial charge in [-0.05, 0) is 11.6 Å². The molecule has 3 rings (SSSR count). The Labute approximate surface area is 134 Å². The minimum absolute atomic E-state index is 0.0465. The van der Waals surface area contributed by atoms with Crippen LogP contribution in [0.4, 0.5) is 5.69 Å². The van der Waals surface area contributed by atoms with E-state index in [9.17, 15) is 9.90 Å². The number of rotatable bonds is 1. The van der Waals surface area contributed by atoms with Gasteiger partial charge in [0, 0.05) is 23.7 Å². The van der Waals surface area contributed by atoms with Crippen molar-refractivity contribution in [2.75, 3.05) is 11.9 Å². The van der Waals surface area contributed by atoms with Crippen molar-refractivity contribution in [3.8, 4) is 12.1 Å². The zero-order valence-corrected chi connectivity index (χ0v) is 13.1. The number of anilines is 1. The Balaban J connectivity index is 2.22. The number of Topliss-reactive ketones (excluding diaryl/α,β-unsaturated/α-hetero) is 1. The van der Waals surface area contributed by atoms with Crippen LogP contribution in [0.25, 0.3) is 0 Å². The predicted octanol–water partition coefficient (Wildman–Crippen LogP) is 2.52. The summed E-state index contributed by atoms with van der Waals surface area (Å²) in [6, 6.07) is 11.1. The monoisotopic (exact) mass is 305 g/mol. The molecule has 1 aliphatic carbocycles. The van der Waals surface area contributed by atoms with Crippen molar-refractivity contribution in [1.29, 1.82) is 10.5 Å². The number of nitriles is 2. The molecule has 0 aromatic heterocycles. The summed E-state index contributed by atoms with van der Waals surface area (Å²) in [4.78, 5) is 14.0. The molecule has 23 heavy (non-hydrogen) atoms. The van der Waals surface area contributed by atoms with E-state index in [1.165, 1.54) is 0 Å². The Kier molecular flexibility index (Phi) is 3.05. The van der Waals surface area contributed by atoms with E-state index in [1.54, 1.807) is 12.1 Å². The fourth-order valence-corrected chi connectivity index (χ4v) is 3.72. The molecule has 0 fully saturated rings. The van der Waals surface area contributed by atoms with Crippen LogP contribution in [0.5, 0.6) is 0 Å². The molecule has 1 N–H and O–H groups in total. The molecular formula is C18H15N3O2. The molecule has 114 valence electrons. The highest BCUT2D eigenvalue weighted by molar-refractivity contribution is 6.20. The SMILES string of the molecule is CN1c2ccccc2C(C)(C)C1C1=C(O)C(=O)C1=C(C#N)C#N. The number of aliphatic hydroxyl groups is 1. The van der Waals surface area contributed by atoms with E-state index in [1.807, 2.05) is 50.1 Å². The molecular weight excluding hydrogens is 290 g/mol. The molecule has 0 spiro atoms. The molecule has 5 nitrogen and oxygen atoms in total. The maximum Gasteiger partial charge on any atom is 0.230 e. The van der Waals surface area contributed by atoms with Crippen molar-refractivity contribution < 1.29 is 9.90 Å². The van der Waals surface area contributed by atoms with E-state index in [0.29, 0.717) is 5.57 Å². The van der Waals surface area contributed by atoms with Gasteiger partial charge in [-0.2, -0.15) is 10.5 Å². The molecule has 0 saturated heterocycles. The number of hydrogen-bond donors (Lipinski definition) is 1. The maximum absolute atomic E-state index is 12.0. The fourth-order valence-electron chi connectivity index (χ4n) is 3.72. The normalized spacial score (nSPS) is 21.4.